The minimum absolute atomic E-state index is 0.607. The minimum atomic E-state index is 0.607. The molecule has 6 rings (SSSR count). The van der Waals surface area contributed by atoms with Crippen molar-refractivity contribution in [2.45, 2.75) is 25.8 Å². The summed E-state index contributed by atoms with van der Waals surface area (Å²) < 4.78 is 9.72. The van der Waals surface area contributed by atoms with E-state index in [4.69, 9.17) is 26.4 Å². The Bertz CT molecular complexity index is 1490. The van der Waals surface area contributed by atoms with E-state index in [0.717, 1.165) is 57.8 Å². The van der Waals surface area contributed by atoms with Gasteiger partial charge >= 0.3 is 0 Å². The molecule has 1 saturated heterocycles. The predicted molar refractivity (Wildman–Crippen MR) is 145 cm³/mol. The maximum Gasteiger partial charge on any atom is 0.156 e. The molecule has 1 aliphatic heterocycles. The molecule has 4 heterocycles. The molecule has 0 radical (unpaired) electrons. The van der Waals surface area contributed by atoms with Gasteiger partial charge in [0, 0.05) is 29.7 Å². The lowest BCUT2D eigenvalue weighted by molar-refractivity contribution is 0.238. The molecular weight excluding hydrogens is 484 g/mol. The summed E-state index contributed by atoms with van der Waals surface area (Å²) in [6, 6.07) is 22.1. The van der Waals surface area contributed by atoms with Gasteiger partial charge in [-0.1, -0.05) is 48.0 Å². The fraction of sp³-hybridized carbons (Fsp3) is 0.276. The number of benzene rings is 2. The van der Waals surface area contributed by atoms with Crippen LogP contribution in [0, 0.1) is 0 Å². The summed E-state index contributed by atoms with van der Waals surface area (Å²) in [5.74, 6) is 1.68. The Morgan fingerprint density at radius 1 is 0.919 bits per heavy atom. The number of ether oxygens (including phenoxy) is 1. The van der Waals surface area contributed by atoms with Crippen LogP contribution in [0.2, 0.25) is 5.02 Å². The second-order valence-corrected chi connectivity index (χ2v) is 9.85. The Morgan fingerprint density at radius 3 is 2.59 bits per heavy atom. The lowest BCUT2D eigenvalue weighted by Crippen LogP contribution is -2.25. The molecule has 8 heteroatoms. The van der Waals surface area contributed by atoms with Crippen LogP contribution in [0.5, 0.6) is 5.75 Å². The van der Waals surface area contributed by atoms with Gasteiger partial charge < -0.3 is 4.74 Å². The third-order valence-corrected chi connectivity index (χ3v) is 7.15. The van der Waals surface area contributed by atoms with Gasteiger partial charge in [0.1, 0.15) is 12.4 Å². The molecule has 0 amide bonds. The van der Waals surface area contributed by atoms with E-state index >= 15 is 0 Å². The van der Waals surface area contributed by atoms with E-state index in [1.165, 1.54) is 25.9 Å². The number of halogens is 1. The summed E-state index contributed by atoms with van der Waals surface area (Å²) in [4.78, 5) is 7.23. The van der Waals surface area contributed by atoms with Crippen LogP contribution < -0.4 is 4.74 Å². The monoisotopic (exact) mass is 512 g/mol. The zero-order chi connectivity index (χ0) is 25.0. The van der Waals surface area contributed by atoms with E-state index in [-0.39, 0.29) is 0 Å². The van der Waals surface area contributed by atoms with Gasteiger partial charge in [-0.2, -0.15) is 10.2 Å². The summed E-state index contributed by atoms with van der Waals surface area (Å²) in [6.07, 6.45) is 7.14. The molecule has 0 bridgehead atoms. The molecule has 188 valence electrons. The SMILES string of the molecule is Clc1ccccc1Cn1cc(-c2cccc3nc(Cc4ccc(OCCN5CCCC5)cc4)nn23)cn1. The largest absolute Gasteiger partial charge is 0.492 e. The first-order valence-corrected chi connectivity index (χ1v) is 13.1. The van der Waals surface area contributed by atoms with Crippen LogP contribution in [0.4, 0.5) is 0 Å². The summed E-state index contributed by atoms with van der Waals surface area (Å²) in [6.45, 7) is 4.72. The number of pyridine rings is 1. The van der Waals surface area contributed by atoms with E-state index in [0.29, 0.717) is 13.0 Å². The van der Waals surface area contributed by atoms with Gasteiger partial charge in [-0.3, -0.25) is 9.58 Å². The van der Waals surface area contributed by atoms with Crippen molar-refractivity contribution >= 4 is 17.2 Å². The first-order valence-electron chi connectivity index (χ1n) is 12.8. The van der Waals surface area contributed by atoms with Crippen molar-refractivity contribution in [2.75, 3.05) is 26.2 Å². The molecule has 1 fully saturated rings. The molecule has 7 nitrogen and oxygen atoms in total. The molecule has 0 N–H and O–H groups in total. The van der Waals surface area contributed by atoms with Crippen LogP contribution in [0.3, 0.4) is 0 Å². The van der Waals surface area contributed by atoms with Crippen LogP contribution in [0.1, 0.15) is 29.8 Å². The number of hydrogen-bond donors (Lipinski definition) is 0. The van der Waals surface area contributed by atoms with Gasteiger partial charge in [0.05, 0.1) is 18.4 Å². The van der Waals surface area contributed by atoms with Gasteiger partial charge in [-0.05, 0) is 67.4 Å². The van der Waals surface area contributed by atoms with Crippen molar-refractivity contribution in [3.63, 3.8) is 0 Å². The van der Waals surface area contributed by atoms with Gasteiger partial charge in [0.2, 0.25) is 0 Å². The van der Waals surface area contributed by atoms with E-state index in [1.54, 1.807) is 0 Å². The molecule has 2 aromatic carbocycles. The second kappa shape index (κ2) is 10.7. The van der Waals surface area contributed by atoms with Crippen LogP contribution in [0.15, 0.2) is 79.1 Å². The third-order valence-electron chi connectivity index (χ3n) is 6.78. The molecule has 0 saturated carbocycles. The lowest BCUT2D eigenvalue weighted by atomic mass is 10.1. The molecule has 0 spiro atoms. The fourth-order valence-corrected chi connectivity index (χ4v) is 5.01. The standard InChI is InChI=1S/C29H29ClN6O/c30-26-7-2-1-6-23(26)20-35-21-24(19-31-35)27-8-5-9-29-32-28(33-36(27)29)18-22-10-12-25(13-11-22)37-17-16-34-14-3-4-15-34/h1-2,5-13,19,21H,3-4,14-18,20H2. The van der Waals surface area contributed by atoms with Gasteiger partial charge in [0.15, 0.2) is 11.5 Å². The highest BCUT2D eigenvalue weighted by Crippen LogP contribution is 2.22. The number of fused-ring (bicyclic) bond motifs is 1. The van der Waals surface area contributed by atoms with Gasteiger partial charge in [-0.15, -0.1) is 0 Å². The van der Waals surface area contributed by atoms with Crippen LogP contribution >= 0.6 is 11.6 Å². The highest BCUT2D eigenvalue weighted by Gasteiger charge is 2.13. The van der Waals surface area contributed by atoms with Gasteiger partial charge in [-0.25, -0.2) is 9.50 Å². The lowest BCUT2D eigenvalue weighted by Gasteiger charge is -2.14. The Morgan fingerprint density at radius 2 is 1.76 bits per heavy atom. The predicted octanol–water partition coefficient (Wildman–Crippen LogP) is 5.36. The molecule has 0 unspecified atom stereocenters. The van der Waals surface area contributed by atoms with E-state index in [2.05, 4.69) is 22.1 Å². The Kier molecular flexibility index (Phi) is 6.88. The second-order valence-electron chi connectivity index (χ2n) is 9.44. The maximum absolute atomic E-state index is 6.33. The van der Waals surface area contributed by atoms with E-state index in [9.17, 15) is 0 Å². The maximum atomic E-state index is 6.33. The highest BCUT2D eigenvalue weighted by atomic mass is 35.5. The van der Waals surface area contributed by atoms with Crippen molar-refractivity contribution in [3.05, 3.63) is 101 Å². The van der Waals surface area contributed by atoms with E-state index in [1.807, 2.05) is 76.2 Å². The van der Waals surface area contributed by atoms with Crippen molar-refractivity contribution < 1.29 is 4.74 Å². The van der Waals surface area contributed by atoms with Crippen molar-refractivity contribution in [2.24, 2.45) is 0 Å². The summed E-state index contributed by atoms with van der Waals surface area (Å²) in [5.41, 5.74) is 4.92. The molecule has 5 aromatic rings. The Balaban J connectivity index is 1.14. The first kappa shape index (κ1) is 23.7. The molecular formula is C29H29ClN6O. The van der Waals surface area contributed by atoms with Gasteiger partial charge in [0.25, 0.3) is 0 Å². The van der Waals surface area contributed by atoms with Crippen LogP contribution in [-0.2, 0) is 13.0 Å². The zero-order valence-electron chi connectivity index (χ0n) is 20.6. The number of nitrogens with zero attached hydrogens (tertiary/aromatic N) is 6. The quantitative estimate of drug-likeness (QED) is 0.266. The zero-order valence-corrected chi connectivity index (χ0v) is 21.4. The highest BCUT2D eigenvalue weighted by molar-refractivity contribution is 6.31. The molecule has 1 aliphatic rings. The fourth-order valence-electron chi connectivity index (χ4n) is 4.81. The van der Waals surface area contributed by atoms with Crippen molar-refractivity contribution in [1.29, 1.82) is 0 Å². The first-order chi connectivity index (χ1) is 18.2. The number of hydrogen-bond acceptors (Lipinski definition) is 5. The number of rotatable bonds is 9. The summed E-state index contributed by atoms with van der Waals surface area (Å²) in [7, 11) is 0. The summed E-state index contributed by atoms with van der Waals surface area (Å²) >= 11 is 6.33. The minimum Gasteiger partial charge on any atom is -0.492 e. The van der Waals surface area contributed by atoms with Crippen molar-refractivity contribution in [1.82, 2.24) is 29.3 Å². The molecule has 0 aliphatic carbocycles. The third kappa shape index (κ3) is 5.53. The normalized spacial score (nSPS) is 14.0. The number of aromatic nitrogens is 5. The smallest absolute Gasteiger partial charge is 0.156 e. The Hall–Kier alpha value is -3.68. The Labute approximate surface area is 221 Å². The van der Waals surface area contributed by atoms with E-state index < -0.39 is 0 Å². The molecule has 37 heavy (non-hydrogen) atoms. The van der Waals surface area contributed by atoms with Crippen LogP contribution in [0.25, 0.3) is 16.9 Å². The van der Waals surface area contributed by atoms with Crippen LogP contribution in [-0.4, -0.2) is 55.5 Å². The topological polar surface area (TPSA) is 60.5 Å². The number of likely N-dealkylation sites (tertiary alicyclic amines) is 1. The van der Waals surface area contributed by atoms with Crippen molar-refractivity contribution in [3.8, 4) is 17.0 Å². The molecule has 0 atom stereocenters. The molecule has 3 aromatic heterocycles. The average molecular weight is 513 g/mol. The average Bonchev–Trinajstić information content (AvgIpc) is 3.67. The summed E-state index contributed by atoms with van der Waals surface area (Å²) in [5, 5.41) is 10.1.